The van der Waals surface area contributed by atoms with Gasteiger partial charge in [-0.05, 0) is 73.2 Å². The molecule has 0 unspecified atom stereocenters. The van der Waals surface area contributed by atoms with E-state index in [1.807, 2.05) is 6.07 Å². The maximum Gasteiger partial charge on any atom is 0.266 e. The SMILES string of the molecule is N#C/C(=C\c1cc(Cl)ccc1OCc1ccc(F)cc1)C(=O)Nc1sc2c(c1C#N)CCCC2. The molecule has 34 heavy (non-hydrogen) atoms. The van der Waals surface area contributed by atoms with Gasteiger partial charge in [0, 0.05) is 15.5 Å². The molecule has 0 fully saturated rings. The van der Waals surface area contributed by atoms with Gasteiger partial charge < -0.3 is 10.1 Å². The minimum absolute atomic E-state index is 0.149. The average Bonchev–Trinajstić information content (AvgIpc) is 3.19. The Bertz CT molecular complexity index is 1350. The number of carbonyl (C=O) groups is 1. The van der Waals surface area contributed by atoms with E-state index in [-0.39, 0.29) is 18.0 Å². The van der Waals surface area contributed by atoms with Crippen molar-refractivity contribution in [1.82, 2.24) is 0 Å². The highest BCUT2D eigenvalue weighted by Crippen LogP contribution is 2.38. The van der Waals surface area contributed by atoms with Crippen molar-refractivity contribution < 1.29 is 13.9 Å². The molecule has 3 aromatic rings. The van der Waals surface area contributed by atoms with Gasteiger partial charge in [0.05, 0.1) is 5.56 Å². The lowest BCUT2D eigenvalue weighted by Crippen LogP contribution is -2.13. The van der Waals surface area contributed by atoms with Gasteiger partial charge in [0.1, 0.15) is 40.9 Å². The van der Waals surface area contributed by atoms with Crippen LogP contribution in [0.2, 0.25) is 5.02 Å². The van der Waals surface area contributed by atoms with Crippen LogP contribution < -0.4 is 10.1 Å². The summed E-state index contributed by atoms with van der Waals surface area (Å²) in [7, 11) is 0. The molecule has 2 aromatic carbocycles. The van der Waals surface area contributed by atoms with E-state index in [4.69, 9.17) is 16.3 Å². The molecular weight excluding hydrogens is 473 g/mol. The van der Waals surface area contributed by atoms with E-state index in [1.165, 1.54) is 29.5 Å². The Morgan fingerprint density at radius 1 is 1.18 bits per heavy atom. The minimum atomic E-state index is -0.609. The summed E-state index contributed by atoms with van der Waals surface area (Å²) < 4.78 is 19.0. The van der Waals surface area contributed by atoms with E-state index < -0.39 is 5.91 Å². The first-order valence-electron chi connectivity index (χ1n) is 10.6. The molecule has 4 rings (SSSR count). The van der Waals surface area contributed by atoms with Crippen LogP contribution in [0.3, 0.4) is 0 Å². The average molecular weight is 492 g/mol. The molecule has 0 atom stereocenters. The second-order valence-electron chi connectivity index (χ2n) is 7.75. The number of fused-ring (bicyclic) bond motifs is 1. The first-order chi connectivity index (χ1) is 16.5. The number of aryl methyl sites for hydroxylation is 1. The first-order valence-corrected chi connectivity index (χ1v) is 11.8. The third kappa shape index (κ3) is 5.28. The number of amides is 1. The third-order valence-corrected chi connectivity index (χ3v) is 6.90. The molecule has 0 saturated heterocycles. The van der Waals surface area contributed by atoms with Crippen LogP contribution >= 0.6 is 22.9 Å². The topological polar surface area (TPSA) is 85.9 Å². The van der Waals surface area contributed by atoms with Gasteiger partial charge in [-0.25, -0.2) is 4.39 Å². The molecule has 8 heteroatoms. The van der Waals surface area contributed by atoms with Crippen molar-refractivity contribution in [2.75, 3.05) is 5.32 Å². The summed E-state index contributed by atoms with van der Waals surface area (Å²) >= 11 is 7.54. The van der Waals surface area contributed by atoms with Crippen molar-refractivity contribution in [3.05, 3.63) is 86.0 Å². The molecule has 0 spiro atoms. The number of thiophene rings is 1. The Labute approximate surface area is 205 Å². The van der Waals surface area contributed by atoms with Gasteiger partial charge in [0.2, 0.25) is 0 Å². The third-order valence-electron chi connectivity index (χ3n) is 5.45. The van der Waals surface area contributed by atoms with Crippen molar-refractivity contribution in [1.29, 1.82) is 10.5 Å². The minimum Gasteiger partial charge on any atom is -0.488 e. The molecule has 1 N–H and O–H groups in total. The molecule has 0 saturated carbocycles. The molecular formula is C26H19ClFN3O2S. The highest BCUT2D eigenvalue weighted by molar-refractivity contribution is 7.16. The molecule has 1 aromatic heterocycles. The summed E-state index contributed by atoms with van der Waals surface area (Å²) in [5.74, 6) is -0.532. The Balaban J connectivity index is 1.57. The molecule has 0 bridgehead atoms. The normalized spacial score (nSPS) is 12.9. The number of hydrogen-bond acceptors (Lipinski definition) is 5. The number of nitriles is 2. The van der Waals surface area contributed by atoms with Gasteiger partial charge in [0.15, 0.2) is 0 Å². The molecule has 170 valence electrons. The largest absolute Gasteiger partial charge is 0.488 e. The zero-order chi connectivity index (χ0) is 24.1. The number of nitrogens with zero attached hydrogens (tertiary/aromatic N) is 2. The molecule has 1 aliphatic rings. The van der Waals surface area contributed by atoms with E-state index in [0.29, 0.717) is 26.9 Å². The van der Waals surface area contributed by atoms with Gasteiger partial charge in [-0.3, -0.25) is 4.79 Å². The number of benzene rings is 2. The van der Waals surface area contributed by atoms with Crippen LogP contribution in [0.5, 0.6) is 5.75 Å². The van der Waals surface area contributed by atoms with Gasteiger partial charge >= 0.3 is 0 Å². The number of carbonyl (C=O) groups excluding carboxylic acids is 1. The standard InChI is InChI=1S/C26H19ClFN3O2S/c27-19-7-10-23(33-15-16-5-8-20(28)9-6-16)17(12-19)11-18(13-29)25(32)31-26-22(14-30)21-3-1-2-4-24(21)34-26/h5-12H,1-4,15H2,(H,31,32)/b18-11+. The van der Waals surface area contributed by atoms with E-state index >= 15 is 0 Å². The number of nitrogens with one attached hydrogen (secondary N) is 1. The zero-order valence-electron chi connectivity index (χ0n) is 18.0. The van der Waals surface area contributed by atoms with Crippen molar-refractivity contribution >= 4 is 39.9 Å². The first kappa shape index (κ1) is 23.5. The number of ether oxygens (including phenoxy) is 1. The predicted molar refractivity (Wildman–Crippen MR) is 130 cm³/mol. The van der Waals surface area contributed by atoms with Gasteiger partial charge in [-0.1, -0.05) is 23.7 Å². The highest BCUT2D eigenvalue weighted by atomic mass is 35.5. The van der Waals surface area contributed by atoms with E-state index in [2.05, 4.69) is 11.4 Å². The molecule has 1 heterocycles. The monoisotopic (exact) mass is 491 g/mol. The fourth-order valence-corrected chi connectivity index (χ4v) is 5.17. The Morgan fingerprint density at radius 2 is 1.94 bits per heavy atom. The summed E-state index contributed by atoms with van der Waals surface area (Å²) in [6.07, 6.45) is 5.20. The molecule has 0 aliphatic heterocycles. The van der Waals surface area contributed by atoms with Crippen LogP contribution in [0.25, 0.3) is 6.08 Å². The lowest BCUT2D eigenvalue weighted by atomic mass is 9.96. The summed E-state index contributed by atoms with van der Waals surface area (Å²) in [5, 5.41) is 22.9. The molecule has 1 amide bonds. The smallest absolute Gasteiger partial charge is 0.266 e. The van der Waals surface area contributed by atoms with Gasteiger partial charge in [-0.2, -0.15) is 10.5 Å². The number of rotatable bonds is 6. The lowest BCUT2D eigenvalue weighted by Gasteiger charge is -2.11. The Morgan fingerprint density at radius 3 is 2.68 bits per heavy atom. The fraction of sp³-hybridized carbons (Fsp3) is 0.192. The predicted octanol–water partition coefficient (Wildman–Crippen LogP) is 6.42. The molecule has 1 aliphatic carbocycles. The van der Waals surface area contributed by atoms with E-state index in [9.17, 15) is 19.7 Å². The summed E-state index contributed by atoms with van der Waals surface area (Å²) in [4.78, 5) is 14.0. The quantitative estimate of drug-likeness (QED) is 0.318. The molecule has 5 nitrogen and oxygen atoms in total. The fourth-order valence-electron chi connectivity index (χ4n) is 3.75. The summed E-state index contributed by atoms with van der Waals surface area (Å²) in [6, 6.07) is 14.9. The van der Waals surface area contributed by atoms with Crippen molar-refractivity contribution in [2.24, 2.45) is 0 Å². The zero-order valence-corrected chi connectivity index (χ0v) is 19.6. The van der Waals surface area contributed by atoms with Crippen LogP contribution in [-0.4, -0.2) is 5.91 Å². The number of halogens is 2. The molecule has 0 radical (unpaired) electrons. The maximum atomic E-state index is 13.1. The van der Waals surface area contributed by atoms with Gasteiger partial charge in [0.25, 0.3) is 5.91 Å². The van der Waals surface area contributed by atoms with Crippen molar-refractivity contribution in [3.63, 3.8) is 0 Å². The van der Waals surface area contributed by atoms with E-state index in [0.717, 1.165) is 41.7 Å². The van der Waals surface area contributed by atoms with Gasteiger partial charge in [-0.15, -0.1) is 11.3 Å². The summed E-state index contributed by atoms with van der Waals surface area (Å²) in [6.45, 7) is 0.170. The van der Waals surface area contributed by atoms with Crippen LogP contribution in [0.4, 0.5) is 9.39 Å². The Kier molecular flexibility index (Phi) is 7.27. The number of hydrogen-bond donors (Lipinski definition) is 1. The van der Waals surface area contributed by atoms with Crippen molar-refractivity contribution in [2.45, 2.75) is 32.3 Å². The van der Waals surface area contributed by atoms with Crippen LogP contribution in [-0.2, 0) is 24.2 Å². The van der Waals surface area contributed by atoms with Crippen LogP contribution in [0, 0.1) is 28.5 Å². The van der Waals surface area contributed by atoms with Crippen molar-refractivity contribution in [3.8, 4) is 17.9 Å². The second-order valence-corrected chi connectivity index (χ2v) is 9.29. The van der Waals surface area contributed by atoms with Crippen LogP contribution in [0.15, 0.2) is 48.0 Å². The van der Waals surface area contributed by atoms with E-state index in [1.54, 1.807) is 30.3 Å². The number of anilines is 1. The summed E-state index contributed by atoms with van der Waals surface area (Å²) in [5.41, 5.74) is 2.55. The maximum absolute atomic E-state index is 13.1. The Hall–Kier alpha value is -3.65. The second kappa shape index (κ2) is 10.5. The lowest BCUT2D eigenvalue weighted by molar-refractivity contribution is -0.112. The highest BCUT2D eigenvalue weighted by Gasteiger charge is 2.23. The van der Waals surface area contributed by atoms with Crippen LogP contribution in [0.1, 0.15) is 40.0 Å².